The van der Waals surface area contributed by atoms with Gasteiger partial charge in [0.15, 0.2) is 0 Å². The van der Waals surface area contributed by atoms with Gasteiger partial charge in [-0.05, 0) is 12.0 Å². The first-order valence-electron chi connectivity index (χ1n) is 5.44. The van der Waals surface area contributed by atoms with Gasteiger partial charge in [0.2, 0.25) is 0 Å². The molecule has 0 saturated carbocycles. The van der Waals surface area contributed by atoms with Crippen molar-refractivity contribution in [3.8, 4) is 0 Å². The van der Waals surface area contributed by atoms with Gasteiger partial charge in [0.1, 0.15) is 0 Å². The van der Waals surface area contributed by atoms with Gasteiger partial charge in [-0.25, -0.2) is 0 Å². The van der Waals surface area contributed by atoms with Crippen molar-refractivity contribution >= 4 is 5.97 Å². The summed E-state index contributed by atoms with van der Waals surface area (Å²) >= 11 is 0. The number of hydrogen-bond donors (Lipinski definition) is 0. The Balaban J connectivity index is 2.37. The molecule has 0 saturated heterocycles. The summed E-state index contributed by atoms with van der Waals surface area (Å²) in [6.07, 6.45) is 1.36. The van der Waals surface area contributed by atoms with E-state index < -0.39 is 0 Å². The Morgan fingerprint density at radius 2 is 2.00 bits per heavy atom. The third-order valence-corrected chi connectivity index (χ3v) is 2.32. The van der Waals surface area contributed by atoms with E-state index in [2.05, 4.69) is 19.1 Å². The number of esters is 1. The number of ether oxygens (including phenoxy) is 1. The van der Waals surface area contributed by atoms with E-state index in [9.17, 15) is 4.79 Å². The summed E-state index contributed by atoms with van der Waals surface area (Å²) in [5, 5.41) is 0. The molecule has 0 amide bonds. The molecule has 1 aromatic rings. The zero-order valence-electron chi connectivity index (χ0n) is 9.40. The van der Waals surface area contributed by atoms with E-state index in [1.165, 1.54) is 5.56 Å². The summed E-state index contributed by atoms with van der Waals surface area (Å²) in [4.78, 5) is 11.2. The fourth-order valence-electron chi connectivity index (χ4n) is 1.37. The molecule has 2 nitrogen and oxygen atoms in total. The van der Waals surface area contributed by atoms with Crippen LogP contribution in [-0.2, 0) is 9.53 Å². The maximum Gasteiger partial charge on any atom is 0.305 e. The highest BCUT2D eigenvalue weighted by molar-refractivity contribution is 5.69. The first kappa shape index (κ1) is 11.8. The number of hydrogen-bond acceptors (Lipinski definition) is 2. The van der Waals surface area contributed by atoms with Gasteiger partial charge in [-0.1, -0.05) is 44.2 Å². The van der Waals surface area contributed by atoms with E-state index in [0.29, 0.717) is 13.0 Å². The molecule has 0 spiro atoms. The molecule has 0 bridgehead atoms. The van der Waals surface area contributed by atoms with Gasteiger partial charge in [0.25, 0.3) is 0 Å². The lowest BCUT2D eigenvalue weighted by Crippen LogP contribution is -2.10. The Hall–Kier alpha value is -1.31. The van der Waals surface area contributed by atoms with E-state index in [4.69, 9.17) is 4.74 Å². The zero-order chi connectivity index (χ0) is 11.1. The maximum absolute atomic E-state index is 11.2. The zero-order valence-corrected chi connectivity index (χ0v) is 9.40. The minimum absolute atomic E-state index is 0.0970. The number of carbonyl (C=O) groups is 1. The van der Waals surface area contributed by atoms with Crippen molar-refractivity contribution < 1.29 is 9.53 Å². The minimum atomic E-state index is -0.0970. The highest BCUT2D eigenvalue weighted by Crippen LogP contribution is 2.14. The molecule has 0 aromatic heterocycles. The summed E-state index contributed by atoms with van der Waals surface area (Å²) in [5.74, 6) is 0.173. The smallest absolute Gasteiger partial charge is 0.305 e. The average molecular weight is 206 g/mol. The van der Waals surface area contributed by atoms with Crippen molar-refractivity contribution in [2.45, 2.75) is 32.6 Å². The van der Waals surface area contributed by atoms with Gasteiger partial charge >= 0.3 is 5.97 Å². The summed E-state index contributed by atoms with van der Waals surface area (Å²) < 4.78 is 5.16. The van der Waals surface area contributed by atoms with Crippen LogP contribution in [0.5, 0.6) is 0 Å². The van der Waals surface area contributed by atoms with Crippen LogP contribution in [0.1, 0.15) is 38.2 Å². The minimum Gasteiger partial charge on any atom is -0.465 e. The lowest BCUT2D eigenvalue weighted by Gasteiger charge is -2.11. The Morgan fingerprint density at radius 1 is 1.33 bits per heavy atom. The number of carbonyl (C=O) groups excluding carboxylic acids is 1. The predicted octanol–water partition coefficient (Wildman–Crippen LogP) is 3.13. The summed E-state index contributed by atoms with van der Waals surface area (Å²) in [6.45, 7) is 4.51. The molecule has 2 heteroatoms. The Kier molecular flexibility index (Phi) is 4.88. The van der Waals surface area contributed by atoms with Crippen LogP contribution in [0.2, 0.25) is 0 Å². The van der Waals surface area contributed by atoms with Gasteiger partial charge in [-0.2, -0.15) is 0 Å². The van der Waals surface area contributed by atoms with E-state index in [1.807, 2.05) is 25.1 Å². The maximum atomic E-state index is 11.2. The first-order chi connectivity index (χ1) is 7.24. The van der Waals surface area contributed by atoms with Crippen molar-refractivity contribution in [3.63, 3.8) is 0 Å². The fraction of sp³-hybridized carbons (Fsp3) is 0.462. The van der Waals surface area contributed by atoms with Crippen molar-refractivity contribution in [1.29, 1.82) is 0 Å². The van der Waals surface area contributed by atoms with Gasteiger partial charge in [-0.3, -0.25) is 4.79 Å². The van der Waals surface area contributed by atoms with E-state index in [0.717, 1.165) is 6.42 Å². The predicted molar refractivity (Wildman–Crippen MR) is 60.7 cm³/mol. The molecule has 1 atom stereocenters. The number of rotatable bonds is 5. The second-order valence-corrected chi connectivity index (χ2v) is 3.74. The Labute approximate surface area is 91.3 Å². The monoisotopic (exact) mass is 206 g/mol. The lowest BCUT2D eigenvalue weighted by molar-refractivity contribution is -0.144. The van der Waals surface area contributed by atoms with Crippen LogP contribution in [0.4, 0.5) is 0 Å². The van der Waals surface area contributed by atoms with Crippen molar-refractivity contribution in [1.82, 2.24) is 0 Å². The van der Waals surface area contributed by atoms with Gasteiger partial charge in [0.05, 0.1) is 6.61 Å². The van der Waals surface area contributed by atoms with E-state index in [1.54, 1.807) is 0 Å². The normalized spacial score (nSPS) is 12.1. The van der Waals surface area contributed by atoms with Gasteiger partial charge in [-0.15, -0.1) is 0 Å². The molecule has 82 valence electrons. The summed E-state index contributed by atoms with van der Waals surface area (Å²) in [5.41, 5.74) is 1.21. The third kappa shape index (κ3) is 4.15. The molecule has 1 aromatic carbocycles. The van der Waals surface area contributed by atoms with Crippen molar-refractivity contribution in [2.24, 2.45) is 0 Å². The van der Waals surface area contributed by atoms with Crippen LogP contribution in [0, 0.1) is 0 Å². The van der Waals surface area contributed by atoms with Crippen molar-refractivity contribution in [3.05, 3.63) is 35.9 Å². The summed E-state index contributed by atoms with van der Waals surface area (Å²) in [7, 11) is 0. The second-order valence-electron chi connectivity index (χ2n) is 3.74. The lowest BCUT2D eigenvalue weighted by atomic mass is 10.0. The van der Waals surface area contributed by atoms with Gasteiger partial charge in [0, 0.05) is 12.3 Å². The Morgan fingerprint density at radius 3 is 2.60 bits per heavy atom. The molecule has 0 fully saturated rings. The molecule has 0 heterocycles. The Bertz CT molecular complexity index is 293. The topological polar surface area (TPSA) is 26.3 Å². The largest absolute Gasteiger partial charge is 0.465 e. The molecule has 0 aliphatic heterocycles. The molecular weight excluding hydrogens is 188 g/mol. The molecule has 0 N–H and O–H groups in total. The molecule has 15 heavy (non-hydrogen) atoms. The quantitative estimate of drug-likeness (QED) is 0.692. The SMILES string of the molecule is CCCC(=O)OC[C@@H](C)c1ccccc1. The van der Waals surface area contributed by atoms with Crippen LogP contribution in [0.25, 0.3) is 0 Å². The van der Waals surface area contributed by atoms with E-state index >= 15 is 0 Å². The average Bonchev–Trinajstić information content (AvgIpc) is 2.27. The molecular formula is C13H18O2. The van der Waals surface area contributed by atoms with Crippen molar-refractivity contribution in [2.75, 3.05) is 6.61 Å². The van der Waals surface area contributed by atoms with Crippen LogP contribution in [-0.4, -0.2) is 12.6 Å². The molecule has 0 radical (unpaired) electrons. The molecule has 0 unspecified atom stereocenters. The first-order valence-corrected chi connectivity index (χ1v) is 5.44. The molecule has 1 rings (SSSR count). The van der Waals surface area contributed by atoms with Crippen LogP contribution >= 0.6 is 0 Å². The van der Waals surface area contributed by atoms with Crippen LogP contribution < -0.4 is 0 Å². The third-order valence-electron chi connectivity index (χ3n) is 2.32. The standard InChI is InChI=1S/C13H18O2/c1-3-7-13(14)15-10-11(2)12-8-5-4-6-9-12/h4-6,8-9,11H,3,7,10H2,1-2H3/t11-/m1/s1. The van der Waals surface area contributed by atoms with Gasteiger partial charge < -0.3 is 4.74 Å². The molecule has 0 aliphatic carbocycles. The summed E-state index contributed by atoms with van der Waals surface area (Å²) in [6, 6.07) is 10.1. The highest BCUT2D eigenvalue weighted by atomic mass is 16.5. The number of benzene rings is 1. The molecule has 0 aliphatic rings. The van der Waals surface area contributed by atoms with Crippen LogP contribution in [0.3, 0.4) is 0 Å². The highest BCUT2D eigenvalue weighted by Gasteiger charge is 2.07. The van der Waals surface area contributed by atoms with E-state index in [-0.39, 0.29) is 11.9 Å². The second kappa shape index (κ2) is 6.23. The van der Waals surface area contributed by atoms with Crippen LogP contribution in [0.15, 0.2) is 30.3 Å². The fourth-order valence-corrected chi connectivity index (χ4v) is 1.37.